The van der Waals surface area contributed by atoms with Gasteiger partial charge in [0, 0.05) is 0 Å². The molecule has 1 unspecified atom stereocenters. The van der Waals surface area contributed by atoms with Crippen LogP contribution in [0.15, 0.2) is 60.7 Å². The zero-order valence-electron chi connectivity index (χ0n) is 14.8. The van der Waals surface area contributed by atoms with Crippen molar-refractivity contribution in [2.24, 2.45) is 0 Å². The first-order valence-electron chi connectivity index (χ1n) is 8.04. The van der Waals surface area contributed by atoms with Crippen molar-refractivity contribution in [1.82, 2.24) is 4.90 Å². The largest absolute Gasteiger partial charge is 0.440 e. The van der Waals surface area contributed by atoms with Gasteiger partial charge in [-0.05, 0) is 38.4 Å². The lowest BCUT2D eigenvalue weighted by atomic mass is 10.3. The SMILES string of the molecule is CN(C)C1N(c2ccccc2)C(=[N+](C)C)[P+](Br)(Br)N1c1ccccc1. The van der Waals surface area contributed by atoms with Crippen molar-refractivity contribution in [1.29, 1.82) is 0 Å². The summed E-state index contributed by atoms with van der Waals surface area (Å²) in [6.45, 7) is 0. The fraction of sp³-hybridized carbons (Fsp3) is 0.278. The molecule has 1 fully saturated rings. The zero-order chi connectivity index (χ0) is 18.2. The van der Waals surface area contributed by atoms with Crippen LogP contribution in [0.5, 0.6) is 0 Å². The van der Waals surface area contributed by atoms with Crippen molar-refractivity contribution in [2.45, 2.75) is 6.29 Å². The highest BCUT2D eigenvalue weighted by Crippen LogP contribution is 2.81. The minimum absolute atomic E-state index is 0.0503. The molecule has 0 aliphatic carbocycles. The first-order chi connectivity index (χ1) is 11.9. The van der Waals surface area contributed by atoms with Gasteiger partial charge in [-0.2, -0.15) is 9.57 Å². The van der Waals surface area contributed by atoms with Gasteiger partial charge in [0.2, 0.25) is 0 Å². The van der Waals surface area contributed by atoms with E-state index in [4.69, 9.17) is 0 Å². The number of rotatable bonds is 3. The quantitative estimate of drug-likeness (QED) is 0.446. The topological polar surface area (TPSA) is 12.7 Å². The van der Waals surface area contributed by atoms with Gasteiger partial charge in [-0.25, -0.2) is 4.58 Å². The first-order valence-corrected chi connectivity index (χ1v) is 13.8. The minimum Gasteiger partial charge on any atom is -0.250 e. The van der Waals surface area contributed by atoms with Crippen LogP contribution in [0, 0.1) is 0 Å². The molecule has 25 heavy (non-hydrogen) atoms. The van der Waals surface area contributed by atoms with Gasteiger partial charge >= 0.3 is 10.4 Å². The summed E-state index contributed by atoms with van der Waals surface area (Å²) in [5.41, 5.74) is 3.58. The molecule has 0 aromatic heterocycles. The molecule has 0 bridgehead atoms. The first kappa shape index (κ1) is 18.8. The summed E-state index contributed by atoms with van der Waals surface area (Å²) in [6.07, 6.45) is 0.0503. The molecule has 1 heterocycles. The molecule has 1 aliphatic heterocycles. The van der Waals surface area contributed by atoms with Crippen LogP contribution in [-0.4, -0.2) is 49.5 Å². The van der Waals surface area contributed by atoms with E-state index in [1.807, 2.05) is 0 Å². The number of hydrogen-bond acceptors (Lipinski definition) is 2. The Kier molecular flexibility index (Phi) is 5.54. The maximum Gasteiger partial charge on any atom is 0.440 e. The van der Waals surface area contributed by atoms with Gasteiger partial charge in [0.25, 0.3) is 6.29 Å². The van der Waals surface area contributed by atoms with E-state index in [0.717, 1.165) is 0 Å². The molecule has 2 aromatic rings. The molecule has 1 saturated heterocycles. The Bertz CT molecular complexity index is 761. The summed E-state index contributed by atoms with van der Waals surface area (Å²) in [7, 11) is 8.44. The van der Waals surface area contributed by atoms with E-state index in [9.17, 15) is 0 Å². The predicted molar refractivity (Wildman–Crippen MR) is 117 cm³/mol. The molecule has 0 spiro atoms. The summed E-state index contributed by atoms with van der Waals surface area (Å²) < 4.78 is 4.64. The third-order valence-electron chi connectivity index (χ3n) is 4.09. The van der Waals surface area contributed by atoms with Crippen molar-refractivity contribution in [3.63, 3.8) is 0 Å². The molecular formula is C18H23Br2N4P+2. The Balaban J connectivity index is 2.25. The molecule has 7 heteroatoms. The van der Waals surface area contributed by atoms with Gasteiger partial charge in [0.1, 0.15) is 5.69 Å². The van der Waals surface area contributed by atoms with Crippen LogP contribution in [0.4, 0.5) is 11.4 Å². The van der Waals surface area contributed by atoms with Gasteiger partial charge in [0.15, 0.2) is 31.0 Å². The summed E-state index contributed by atoms with van der Waals surface area (Å²) in [6, 6.07) is 21.1. The number of benzene rings is 2. The molecule has 0 saturated carbocycles. The summed E-state index contributed by atoms with van der Waals surface area (Å²) in [5, 5.41) is 0. The fourth-order valence-electron chi connectivity index (χ4n) is 3.17. The Labute approximate surface area is 166 Å². The fourth-order valence-corrected chi connectivity index (χ4v) is 10.3. The summed E-state index contributed by atoms with van der Waals surface area (Å²) in [5.74, 6) is 0. The van der Waals surface area contributed by atoms with Gasteiger partial charge in [-0.3, -0.25) is 4.90 Å². The van der Waals surface area contributed by atoms with Crippen molar-refractivity contribution in [2.75, 3.05) is 37.8 Å². The average molecular weight is 486 g/mol. The lowest BCUT2D eigenvalue weighted by Gasteiger charge is -2.28. The number of amidine groups is 1. The van der Waals surface area contributed by atoms with Crippen molar-refractivity contribution in [3.8, 4) is 0 Å². The Morgan fingerprint density at radius 1 is 0.880 bits per heavy atom. The standard InChI is InChI=1S/C18H23Br2N4P/c1-21(2)17-23(15-11-7-5-8-12-15)18(22(3)4)25(19,20)24(17)16-13-9-6-10-14-16/h5-14,17H,1-4H3/q+2. The molecule has 0 amide bonds. The van der Waals surface area contributed by atoms with Crippen molar-refractivity contribution >= 4 is 52.7 Å². The second-order valence-corrected chi connectivity index (χ2v) is 17.2. The van der Waals surface area contributed by atoms with Gasteiger partial charge < -0.3 is 0 Å². The van der Waals surface area contributed by atoms with Gasteiger partial charge in [-0.1, -0.05) is 36.4 Å². The van der Waals surface area contributed by atoms with E-state index in [1.54, 1.807) is 0 Å². The highest BCUT2D eigenvalue weighted by atomic mass is 79.9. The maximum absolute atomic E-state index is 4.07. The van der Waals surface area contributed by atoms with Crippen LogP contribution >= 0.6 is 35.8 Å². The van der Waals surface area contributed by atoms with Crippen LogP contribution < -0.4 is 9.57 Å². The average Bonchev–Trinajstić information content (AvgIpc) is 2.84. The number of nitrogens with zero attached hydrogens (tertiary/aromatic N) is 4. The molecule has 1 aliphatic rings. The van der Waals surface area contributed by atoms with Gasteiger partial charge in [0.05, 0.1) is 19.8 Å². The lowest BCUT2D eigenvalue weighted by Crippen LogP contribution is -2.50. The molecule has 1 atom stereocenters. The summed E-state index contributed by atoms with van der Waals surface area (Å²) >= 11 is 8.13. The molecule has 0 N–H and O–H groups in total. The zero-order valence-corrected chi connectivity index (χ0v) is 18.9. The van der Waals surface area contributed by atoms with Crippen LogP contribution in [0.3, 0.4) is 0 Å². The van der Waals surface area contributed by atoms with Crippen LogP contribution in [-0.2, 0) is 0 Å². The van der Waals surface area contributed by atoms with Gasteiger partial charge in [-0.15, -0.1) is 0 Å². The highest BCUT2D eigenvalue weighted by molar-refractivity contribution is 9.74. The van der Waals surface area contributed by atoms with E-state index in [-0.39, 0.29) is 6.29 Å². The smallest absolute Gasteiger partial charge is 0.250 e. The molecular weight excluding hydrogens is 463 g/mol. The third kappa shape index (κ3) is 3.37. The molecule has 4 nitrogen and oxygen atoms in total. The van der Waals surface area contributed by atoms with E-state index in [0.29, 0.717) is 0 Å². The van der Waals surface area contributed by atoms with E-state index >= 15 is 0 Å². The van der Waals surface area contributed by atoms with Crippen LogP contribution in [0.1, 0.15) is 0 Å². The molecule has 2 aromatic carbocycles. The third-order valence-corrected chi connectivity index (χ3v) is 10.1. The minimum atomic E-state index is -1.94. The second-order valence-electron chi connectivity index (χ2n) is 6.37. The van der Waals surface area contributed by atoms with E-state index in [2.05, 4.69) is 139 Å². The van der Waals surface area contributed by atoms with Crippen molar-refractivity contribution in [3.05, 3.63) is 60.7 Å². The number of anilines is 2. The molecule has 132 valence electrons. The summed E-state index contributed by atoms with van der Waals surface area (Å²) in [4.78, 5) is 2.70. The predicted octanol–water partition coefficient (Wildman–Crippen LogP) is 5.04. The number of halogens is 2. The lowest BCUT2D eigenvalue weighted by molar-refractivity contribution is -0.462. The molecule has 3 rings (SSSR count). The normalized spacial score (nSPS) is 19.6. The van der Waals surface area contributed by atoms with E-state index in [1.165, 1.54) is 17.0 Å². The Morgan fingerprint density at radius 2 is 1.36 bits per heavy atom. The van der Waals surface area contributed by atoms with E-state index < -0.39 is 4.82 Å². The van der Waals surface area contributed by atoms with Crippen molar-refractivity contribution < 1.29 is 4.58 Å². The second kappa shape index (κ2) is 7.36. The Hall–Kier alpha value is -0.940. The maximum atomic E-state index is 4.07. The number of para-hydroxylation sites is 2. The highest BCUT2D eigenvalue weighted by Gasteiger charge is 2.70. The Morgan fingerprint density at radius 3 is 1.80 bits per heavy atom. The van der Waals surface area contributed by atoms with Crippen LogP contribution in [0.25, 0.3) is 0 Å². The molecule has 0 radical (unpaired) electrons. The number of hydrogen-bond donors (Lipinski definition) is 0. The van der Waals surface area contributed by atoms with Crippen LogP contribution in [0.2, 0.25) is 0 Å². The monoisotopic (exact) mass is 484 g/mol.